The van der Waals surface area contributed by atoms with E-state index in [-0.39, 0.29) is 29.8 Å². The molecule has 2 aromatic carbocycles. The number of aliphatic carboxylic acids is 1. The zero-order valence-corrected chi connectivity index (χ0v) is 22.7. The van der Waals surface area contributed by atoms with E-state index in [1.165, 1.54) is 13.1 Å². The number of carbonyl (C=O) groups excluding carboxylic acids is 4. The maximum atomic E-state index is 12.8. The third-order valence-corrected chi connectivity index (χ3v) is 5.89. The molecule has 2 unspecified atom stereocenters. The van der Waals surface area contributed by atoms with Gasteiger partial charge in [0.1, 0.15) is 25.2 Å². The average Bonchev–Trinajstić information content (AvgIpc) is 3.42. The number of Topliss-reactive ketones (excluding diaryl/α,β-unsaturated/α-hetero) is 1. The second-order valence-corrected chi connectivity index (χ2v) is 9.36. The van der Waals surface area contributed by atoms with Gasteiger partial charge in [-0.05, 0) is 28.8 Å². The summed E-state index contributed by atoms with van der Waals surface area (Å²) in [6, 6.07) is 13.0. The summed E-state index contributed by atoms with van der Waals surface area (Å²) in [6.07, 6.45) is -1.63. The van der Waals surface area contributed by atoms with Gasteiger partial charge >= 0.3 is 12.1 Å². The third-order valence-electron chi connectivity index (χ3n) is 5.89. The maximum Gasteiger partial charge on any atom is 0.408 e. The molecule has 14 heteroatoms. The Morgan fingerprint density at radius 2 is 1.73 bits per heavy atom. The number of hydrogen-bond acceptors (Lipinski definition) is 9. The van der Waals surface area contributed by atoms with Gasteiger partial charge in [-0.2, -0.15) is 4.80 Å². The van der Waals surface area contributed by atoms with E-state index >= 15 is 0 Å². The molecule has 0 saturated carbocycles. The number of ether oxygens (including phenoxy) is 1. The number of benzene rings is 2. The number of likely N-dealkylation sites (N-methyl/N-ethyl adjacent to an activating group) is 1. The van der Waals surface area contributed by atoms with Gasteiger partial charge in [0.05, 0.1) is 6.42 Å². The topological polar surface area (TPSA) is 194 Å². The van der Waals surface area contributed by atoms with E-state index in [9.17, 15) is 29.1 Å². The van der Waals surface area contributed by atoms with Crippen molar-refractivity contribution in [2.24, 2.45) is 5.92 Å². The van der Waals surface area contributed by atoms with Gasteiger partial charge in [0.2, 0.25) is 11.7 Å². The number of carboxylic acid groups (broad SMARTS) is 1. The van der Waals surface area contributed by atoms with Crippen LogP contribution in [0.15, 0.2) is 54.6 Å². The fraction of sp³-hybridized carbons (Fsp3) is 0.333. The maximum absolute atomic E-state index is 12.8. The smallest absolute Gasteiger partial charge is 0.408 e. The first-order valence-electron chi connectivity index (χ1n) is 12.7. The van der Waals surface area contributed by atoms with Crippen molar-refractivity contribution in [1.29, 1.82) is 0 Å². The Morgan fingerprint density at radius 3 is 2.39 bits per heavy atom. The normalized spacial score (nSPS) is 12.2. The number of carboxylic acids is 1. The molecule has 1 heterocycles. The van der Waals surface area contributed by atoms with Crippen LogP contribution in [0.5, 0.6) is 0 Å². The quantitative estimate of drug-likeness (QED) is 0.234. The van der Waals surface area contributed by atoms with Gasteiger partial charge in [0.25, 0.3) is 5.91 Å². The SMILES string of the molecule is CNC(=O)C(NC(=O)c1cccc(-c2nnn(CC(=O)C(CC(=O)O)NC(=O)OCc3ccccc3)n2)c1)C(C)C. The standard InChI is InChI=1S/C27H31N7O7/c1-16(2)23(26(39)28-3)30-25(38)19-11-7-10-18(12-19)24-31-33-34(32-24)14-21(35)20(13-22(36)37)29-27(40)41-15-17-8-5-4-6-9-17/h4-12,16,20,23H,13-15H2,1-3H3,(H,28,39)(H,29,40)(H,30,38)(H,36,37). The first-order chi connectivity index (χ1) is 19.6. The zero-order valence-electron chi connectivity index (χ0n) is 22.7. The van der Waals surface area contributed by atoms with Crippen LogP contribution in [0, 0.1) is 5.92 Å². The van der Waals surface area contributed by atoms with Crippen LogP contribution >= 0.6 is 0 Å². The number of ketones is 1. The van der Waals surface area contributed by atoms with Gasteiger partial charge in [0, 0.05) is 18.2 Å². The number of nitrogens with one attached hydrogen (secondary N) is 3. The number of carbonyl (C=O) groups is 5. The van der Waals surface area contributed by atoms with Crippen LogP contribution in [-0.2, 0) is 32.3 Å². The van der Waals surface area contributed by atoms with Gasteiger partial charge in [-0.15, -0.1) is 10.2 Å². The van der Waals surface area contributed by atoms with Gasteiger partial charge in [-0.25, -0.2) is 4.79 Å². The minimum Gasteiger partial charge on any atom is -0.481 e. The first-order valence-corrected chi connectivity index (χ1v) is 12.7. The van der Waals surface area contributed by atoms with Crippen LogP contribution in [0.3, 0.4) is 0 Å². The molecule has 41 heavy (non-hydrogen) atoms. The van der Waals surface area contributed by atoms with Crippen LogP contribution in [0.1, 0.15) is 36.2 Å². The second kappa shape index (κ2) is 14.3. The third kappa shape index (κ3) is 8.95. The summed E-state index contributed by atoms with van der Waals surface area (Å²) >= 11 is 0. The Bertz CT molecular complexity index is 1390. The molecule has 216 valence electrons. The minimum atomic E-state index is -1.40. The summed E-state index contributed by atoms with van der Waals surface area (Å²) in [4.78, 5) is 62.2. The Hall–Kier alpha value is -5.14. The molecular weight excluding hydrogens is 534 g/mol. The number of aromatic nitrogens is 4. The molecule has 1 aromatic heterocycles. The van der Waals surface area contributed by atoms with Gasteiger partial charge in [0.15, 0.2) is 5.78 Å². The summed E-state index contributed by atoms with van der Waals surface area (Å²) in [5.41, 5.74) is 1.39. The Morgan fingerprint density at radius 1 is 1.00 bits per heavy atom. The first kappa shape index (κ1) is 30.4. The van der Waals surface area contributed by atoms with Crippen LogP contribution in [-0.4, -0.2) is 74.1 Å². The van der Waals surface area contributed by atoms with Crippen molar-refractivity contribution in [3.8, 4) is 11.4 Å². The molecule has 0 spiro atoms. The highest BCUT2D eigenvalue weighted by molar-refractivity contribution is 5.98. The second-order valence-electron chi connectivity index (χ2n) is 9.36. The van der Waals surface area contributed by atoms with Gasteiger partial charge in [-0.3, -0.25) is 19.2 Å². The van der Waals surface area contributed by atoms with E-state index in [0.29, 0.717) is 5.56 Å². The van der Waals surface area contributed by atoms with Crippen LogP contribution in [0.4, 0.5) is 4.79 Å². The number of tetrazole rings is 1. The molecule has 0 aliphatic rings. The summed E-state index contributed by atoms with van der Waals surface area (Å²) in [5, 5.41) is 28.6. The monoisotopic (exact) mass is 565 g/mol. The molecule has 3 aromatic rings. The predicted octanol–water partition coefficient (Wildman–Crippen LogP) is 1.18. The molecular formula is C27H31N7O7. The van der Waals surface area contributed by atoms with Gasteiger partial charge in [-0.1, -0.05) is 56.3 Å². The summed E-state index contributed by atoms with van der Waals surface area (Å²) in [7, 11) is 1.49. The van der Waals surface area contributed by atoms with E-state index in [2.05, 4.69) is 31.4 Å². The fourth-order valence-electron chi connectivity index (χ4n) is 3.72. The molecule has 0 fully saturated rings. The van der Waals surface area contributed by atoms with E-state index in [1.54, 1.807) is 48.5 Å². The van der Waals surface area contributed by atoms with Crippen LogP contribution < -0.4 is 16.0 Å². The molecule has 2 atom stereocenters. The molecule has 4 N–H and O–H groups in total. The number of hydrogen-bond donors (Lipinski definition) is 4. The summed E-state index contributed by atoms with van der Waals surface area (Å²) in [5.74, 6) is -2.83. The molecule has 3 amide bonds. The number of nitrogens with zero attached hydrogens (tertiary/aromatic N) is 4. The van der Waals surface area contributed by atoms with Crippen molar-refractivity contribution in [3.63, 3.8) is 0 Å². The van der Waals surface area contributed by atoms with E-state index in [0.717, 1.165) is 10.4 Å². The predicted molar refractivity (Wildman–Crippen MR) is 144 cm³/mol. The highest BCUT2D eigenvalue weighted by atomic mass is 16.5. The minimum absolute atomic E-state index is 0.0599. The molecule has 0 saturated heterocycles. The summed E-state index contributed by atoms with van der Waals surface area (Å²) in [6.45, 7) is 3.08. The Balaban J connectivity index is 1.66. The van der Waals surface area contributed by atoms with Gasteiger partial charge < -0.3 is 25.8 Å². The lowest BCUT2D eigenvalue weighted by molar-refractivity contribution is -0.139. The van der Waals surface area contributed by atoms with Crippen molar-refractivity contribution in [3.05, 3.63) is 65.7 Å². The lowest BCUT2D eigenvalue weighted by atomic mass is 10.0. The highest BCUT2D eigenvalue weighted by Gasteiger charge is 2.26. The van der Waals surface area contributed by atoms with Crippen molar-refractivity contribution in [2.45, 2.75) is 45.5 Å². The van der Waals surface area contributed by atoms with E-state index < -0.39 is 48.8 Å². The van der Waals surface area contributed by atoms with E-state index in [4.69, 9.17) is 4.74 Å². The highest BCUT2D eigenvalue weighted by Crippen LogP contribution is 2.16. The largest absolute Gasteiger partial charge is 0.481 e. The summed E-state index contributed by atoms with van der Waals surface area (Å²) < 4.78 is 5.09. The fourth-order valence-corrected chi connectivity index (χ4v) is 3.72. The van der Waals surface area contributed by atoms with Crippen molar-refractivity contribution in [1.82, 2.24) is 36.2 Å². The Labute approximate surface area is 235 Å². The van der Waals surface area contributed by atoms with E-state index in [1.807, 2.05) is 13.8 Å². The molecule has 0 bridgehead atoms. The lowest BCUT2D eigenvalue weighted by Crippen LogP contribution is -2.48. The van der Waals surface area contributed by atoms with Crippen molar-refractivity contribution in [2.75, 3.05) is 7.05 Å². The molecule has 0 aliphatic heterocycles. The van der Waals surface area contributed by atoms with Crippen molar-refractivity contribution >= 4 is 29.7 Å². The number of rotatable bonds is 13. The molecule has 0 radical (unpaired) electrons. The lowest BCUT2D eigenvalue weighted by Gasteiger charge is -2.20. The number of alkyl carbamates (subject to hydrolysis) is 1. The van der Waals surface area contributed by atoms with Crippen LogP contribution in [0.2, 0.25) is 0 Å². The molecule has 3 rings (SSSR count). The molecule has 0 aliphatic carbocycles. The molecule has 14 nitrogen and oxygen atoms in total. The Kier molecular flexibility index (Phi) is 10.6. The average molecular weight is 566 g/mol. The number of amides is 3. The van der Waals surface area contributed by atoms with Crippen molar-refractivity contribution < 1.29 is 33.8 Å². The van der Waals surface area contributed by atoms with Crippen LogP contribution in [0.25, 0.3) is 11.4 Å². The zero-order chi connectivity index (χ0) is 29.9.